The SMILES string of the molecule is COC(=O)[C@@H](Cc1ccc2c(ccn2C(=O)OC(C)(C)C)c1)NC(=O)OCc1ccccc1. The number of hydrogen-bond acceptors (Lipinski definition) is 6. The van der Waals surface area contributed by atoms with Crippen molar-refractivity contribution in [3.05, 3.63) is 71.9 Å². The molecule has 1 heterocycles. The molecular weight excluding hydrogens is 424 g/mol. The number of nitrogens with one attached hydrogen (secondary N) is 1. The zero-order chi connectivity index (χ0) is 24.0. The molecule has 3 rings (SSSR count). The molecule has 0 aliphatic carbocycles. The van der Waals surface area contributed by atoms with Crippen LogP contribution in [0.5, 0.6) is 0 Å². The molecule has 1 amide bonds. The van der Waals surface area contributed by atoms with Crippen LogP contribution in [0.1, 0.15) is 31.9 Å². The van der Waals surface area contributed by atoms with Gasteiger partial charge in [0.05, 0.1) is 12.6 Å². The van der Waals surface area contributed by atoms with E-state index in [0.717, 1.165) is 16.5 Å². The smallest absolute Gasteiger partial charge is 0.418 e. The molecule has 8 nitrogen and oxygen atoms in total. The molecule has 1 atom stereocenters. The van der Waals surface area contributed by atoms with Gasteiger partial charge in [0.2, 0.25) is 0 Å². The first-order valence-corrected chi connectivity index (χ1v) is 10.5. The van der Waals surface area contributed by atoms with Crippen LogP contribution in [-0.4, -0.2) is 41.5 Å². The van der Waals surface area contributed by atoms with E-state index in [1.165, 1.54) is 11.7 Å². The van der Waals surface area contributed by atoms with Gasteiger partial charge in [-0.3, -0.25) is 4.57 Å². The lowest BCUT2D eigenvalue weighted by Gasteiger charge is -2.20. The molecule has 0 aliphatic rings. The third kappa shape index (κ3) is 6.58. The Hall–Kier alpha value is -3.81. The third-order valence-electron chi connectivity index (χ3n) is 4.78. The number of amides is 1. The van der Waals surface area contributed by atoms with Crippen LogP contribution in [0.4, 0.5) is 9.59 Å². The molecule has 0 bridgehead atoms. The van der Waals surface area contributed by atoms with Crippen LogP contribution in [0.3, 0.4) is 0 Å². The number of methoxy groups -OCH3 is 1. The van der Waals surface area contributed by atoms with Crippen molar-refractivity contribution in [1.29, 1.82) is 0 Å². The summed E-state index contributed by atoms with van der Waals surface area (Å²) in [6, 6.07) is 15.5. The molecule has 2 aromatic carbocycles. The number of aromatic nitrogens is 1. The molecule has 0 unspecified atom stereocenters. The number of nitrogens with zero attached hydrogens (tertiary/aromatic N) is 1. The van der Waals surface area contributed by atoms with Crippen molar-refractivity contribution in [2.75, 3.05) is 7.11 Å². The second-order valence-corrected chi connectivity index (χ2v) is 8.55. The van der Waals surface area contributed by atoms with E-state index in [4.69, 9.17) is 14.2 Å². The van der Waals surface area contributed by atoms with E-state index in [2.05, 4.69) is 5.32 Å². The largest absolute Gasteiger partial charge is 0.467 e. The Labute approximate surface area is 192 Å². The summed E-state index contributed by atoms with van der Waals surface area (Å²) >= 11 is 0. The number of alkyl carbamates (subject to hydrolysis) is 1. The Balaban J connectivity index is 1.69. The molecule has 33 heavy (non-hydrogen) atoms. The van der Waals surface area contributed by atoms with Crippen LogP contribution in [0.15, 0.2) is 60.8 Å². The summed E-state index contributed by atoms with van der Waals surface area (Å²) in [5, 5.41) is 3.37. The molecule has 0 saturated carbocycles. The number of benzene rings is 2. The molecule has 0 radical (unpaired) electrons. The average Bonchev–Trinajstić information content (AvgIpc) is 3.20. The summed E-state index contributed by atoms with van der Waals surface area (Å²) in [4.78, 5) is 36.9. The average molecular weight is 453 g/mol. The van der Waals surface area contributed by atoms with Crippen molar-refractivity contribution in [2.24, 2.45) is 0 Å². The fourth-order valence-corrected chi connectivity index (χ4v) is 3.27. The summed E-state index contributed by atoms with van der Waals surface area (Å²) in [5.41, 5.74) is 1.69. The van der Waals surface area contributed by atoms with E-state index in [1.54, 1.807) is 45.2 Å². The number of carbonyl (C=O) groups excluding carboxylic acids is 3. The van der Waals surface area contributed by atoms with Gasteiger partial charge >= 0.3 is 18.2 Å². The van der Waals surface area contributed by atoms with Gasteiger partial charge < -0.3 is 19.5 Å². The number of hydrogen-bond donors (Lipinski definition) is 1. The minimum Gasteiger partial charge on any atom is -0.467 e. The number of esters is 1. The van der Waals surface area contributed by atoms with E-state index in [-0.39, 0.29) is 13.0 Å². The number of rotatable bonds is 6. The second-order valence-electron chi connectivity index (χ2n) is 8.55. The van der Waals surface area contributed by atoms with Crippen LogP contribution < -0.4 is 5.32 Å². The van der Waals surface area contributed by atoms with Gasteiger partial charge in [0.25, 0.3) is 0 Å². The number of carbonyl (C=O) groups is 3. The lowest BCUT2D eigenvalue weighted by Crippen LogP contribution is -2.43. The van der Waals surface area contributed by atoms with Gasteiger partial charge in [-0.15, -0.1) is 0 Å². The van der Waals surface area contributed by atoms with Gasteiger partial charge in [-0.05, 0) is 50.1 Å². The molecule has 174 valence electrons. The Morgan fingerprint density at radius 1 is 1.00 bits per heavy atom. The quantitative estimate of drug-likeness (QED) is 0.439. The zero-order valence-electron chi connectivity index (χ0n) is 19.2. The summed E-state index contributed by atoms with van der Waals surface area (Å²) in [5.74, 6) is -0.585. The molecule has 0 fully saturated rings. The normalized spacial score (nSPS) is 12.1. The predicted octanol–water partition coefficient (Wildman–Crippen LogP) is 4.44. The highest BCUT2D eigenvalue weighted by molar-refractivity contribution is 5.90. The highest BCUT2D eigenvalue weighted by Crippen LogP contribution is 2.21. The predicted molar refractivity (Wildman–Crippen MR) is 123 cm³/mol. The second kappa shape index (κ2) is 10.2. The molecular formula is C25H28N2O6. The van der Waals surface area contributed by atoms with Crippen LogP contribution in [0.2, 0.25) is 0 Å². The first-order chi connectivity index (χ1) is 15.7. The Morgan fingerprint density at radius 2 is 1.73 bits per heavy atom. The molecule has 0 saturated heterocycles. The van der Waals surface area contributed by atoms with Crippen molar-refractivity contribution >= 4 is 29.1 Å². The monoisotopic (exact) mass is 452 g/mol. The van der Waals surface area contributed by atoms with E-state index in [9.17, 15) is 14.4 Å². The first-order valence-electron chi connectivity index (χ1n) is 10.5. The van der Waals surface area contributed by atoms with Gasteiger partial charge in [-0.1, -0.05) is 36.4 Å². The zero-order valence-corrected chi connectivity index (χ0v) is 19.2. The number of ether oxygens (including phenoxy) is 3. The molecule has 3 aromatic rings. The minimum absolute atomic E-state index is 0.0880. The van der Waals surface area contributed by atoms with Crippen molar-refractivity contribution in [3.8, 4) is 0 Å². The Bertz CT molecular complexity index is 1130. The molecule has 1 aromatic heterocycles. The Morgan fingerprint density at radius 3 is 2.39 bits per heavy atom. The fraction of sp³-hybridized carbons (Fsp3) is 0.320. The summed E-state index contributed by atoms with van der Waals surface area (Å²) in [6.45, 7) is 5.50. The molecule has 0 aliphatic heterocycles. The lowest BCUT2D eigenvalue weighted by atomic mass is 10.0. The maximum absolute atomic E-state index is 12.4. The maximum Gasteiger partial charge on any atom is 0.418 e. The maximum atomic E-state index is 12.4. The van der Waals surface area contributed by atoms with Crippen LogP contribution in [-0.2, 0) is 32.0 Å². The van der Waals surface area contributed by atoms with Gasteiger partial charge in [-0.25, -0.2) is 14.4 Å². The van der Waals surface area contributed by atoms with Gasteiger partial charge in [0.1, 0.15) is 18.2 Å². The molecule has 1 N–H and O–H groups in total. The fourth-order valence-electron chi connectivity index (χ4n) is 3.27. The summed E-state index contributed by atoms with van der Waals surface area (Å²) < 4.78 is 16.9. The van der Waals surface area contributed by atoms with E-state index in [1.807, 2.05) is 36.4 Å². The first kappa shape index (κ1) is 23.8. The minimum atomic E-state index is -0.927. The lowest BCUT2D eigenvalue weighted by molar-refractivity contribution is -0.143. The summed E-state index contributed by atoms with van der Waals surface area (Å²) in [7, 11) is 1.26. The van der Waals surface area contributed by atoms with E-state index < -0.39 is 29.8 Å². The standard InChI is InChI=1S/C25H28N2O6/c1-25(2,3)33-24(30)27-13-12-19-14-18(10-11-21(19)27)15-20(22(28)31-4)26-23(29)32-16-17-8-6-5-7-9-17/h5-14,20H,15-16H2,1-4H3,(H,26,29)/t20-/m1/s1. The summed E-state index contributed by atoms with van der Waals surface area (Å²) in [6.07, 6.45) is 0.645. The van der Waals surface area contributed by atoms with E-state index in [0.29, 0.717) is 5.52 Å². The van der Waals surface area contributed by atoms with Gasteiger partial charge in [0.15, 0.2) is 0 Å². The highest BCUT2D eigenvalue weighted by atomic mass is 16.6. The topological polar surface area (TPSA) is 95.9 Å². The highest BCUT2D eigenvalue weighted by Gasteiger charge is 2.24. The van der Waals surface area contributed by atoms with Gasteiger partial charge in [0, 0.05) is 18.0 Å². The van der Waals surface area contributed by atoms with Crippen LogP contribution in [0, 0.1) is 0 Å². The van der Waals surface area contributed by atoms with Crippen LogP contribution in [0.25, 0.3) is 10.9 Å². The number of fused-ring (bicyclic) bond motifs is 1. The van der Waals surface area contributed by atoms with Gasteiger partial charge in [-0.2, -0.15) is 0 Å². The van der Waals surface area contributed by atoms with Crippen molar-refractivity contribution in [3.63, 3.8) is 0 Å². The molecule has 0 spiro atoms. The van der Waals surface area contributed by atoms with E-state index >= 15 is 0 Å². The van der Waals surface area contributed by atoms with Crippen molar-refractivity contribution < 1.29 is 28.6 Å². The molecule has 8 heteroatoms. The van der Waals surface area contributed by atoms with Crippen molar-refractivity contribution in [2.45, 2.75) is 45.4 Å². The van der Waals surface area contributed by atoms with Crippen molar-refractivity contribution in [1.82, 2.24) is 9.88 Å². The third-order valence-corrected chi connectivity index (χ3v) is 4.78. The Kier molecular flexibility index (Phi) is 7.37. The van der Waals surface area contributed by atoms with Crippen LogP contribution >= 0.6 is 0 Å².